The predicted molar refractivity (Wildman–Crippen MR) is 94.6 cm³/mol. The van der Waals surface area contributed by atoms with E-state index in [1.807, 2.05) is 81.4 Å². The first-order chi connectivity index (χ1) is 11.3. The van der Waals surface area contributed by atoms with Gasteiger partial charge in [0.15, 0.2) is 0 Å². The topological polar surface area (TPSA) is 49.8 Å². The maximum atomic E-state index is 12.5. The first-order valence-electron chi connectivity index (χ1n) is 8.03. The highest BCUT2D eigenvalue weighted by Gasteiger charge is 2.32. The number of likely N-dealkylation sites (N-methyl/N-ethyl adjacent to an activating group) is 1. The van der Waals surface area contributed by atoms with E-state index in [4.69, 9.17) is 4.74 Å². The Labute approximate surface area is 143 Å². The molecule has 24 heavy (non-hydrogen) atoms. The van der Waals surface area contributed by atoms with E-state index < -0.39 is 23.8 Å². The van der Waals surface area contributed by atoms with Gasteiger partial charge in [-0.15, -0.1) is 0 Å². The van der Waals surface area contributed by atoms with Crippen molar-refractivity contribution in [2.75, 3.05) is 7.05 Å². The number of hydrogen-bond donors (Lipinski definition) is 1. The van der Waals surface area contributed by atoms with Crippen molar-refractivity contribution < 1.29 is 14.6 Å². The third-order valence-corrected chi connectivity index (χ3v) is 3.68. The molecular weight excluding hydrogens is 302 g/mol. The molecule has 0 radical (unpaired) electrons. The minimum atomic E-state index is -0.855. The molecule has 2 rings (SSSR count). The maximum Gasteiger partial charge on any atom is 0.410 e. The summed E-state index contributed by atoms with van der Waals surface area (Å²) in [6.07, 6.45) is -1.32. The quantitative estimate of drug-likeness (QED) is 0.909. The van der Waals surface area contributed by atoms with E-state index in [-0.39, 0.29) is 0 Å². The van der Waals surface area contributed by atoms with Crippen molar-refractivity contribution in [2.45, 2.75) is 38.5 Å². The van der Waals surface area contributed by atoms with Crippen LogP contribution in [0.4, 0.5) is 4.79 Å². The summed E-state index contributed by atoms with van der Waals surface area (Å²) in [5.41, 5.74) is 1.01. The van der Waals surface area contributed by atoms with Crippen LogP contribution in [0.25, 0.3) is 0 Å². The zero-order valence-corrected chi connectivity index (χ0v) is 14.6. The molecule has 0 spiro atoms. The molecule has 1 N–H and O–H groups in total. The third-order valence-electron chi connectivity index (χ3n) is 3.68. The van der Waals surface area contributed by atoms with Crippen LogP contribution in [-0.4, -0.2) is 28.7 Å². The van der Waals surface area contributed by atoms with Crippen LogP contribution in [0.3, 0.4) is 0 Å². The lowest BCUT2D eigenvalue weighted by molar-refractivity contribution is 0.000900. The summed E-state index contributed by atoms with van der Waals surface area (Å²) in [7, 11) is 1.65. The van der Waals surface area contributed by atoms with Crippen LogP contribution in [-0.2, 0) is 4.74 Å². The molecule has 4 heteroatoms. The van der Waals surface area contributed by atoms with Gasteiger partial charge in [0.2, 0.25) is 0 Å². The molecule has 0 aliphatic carbocycles. The molecule has 0 saturated carbocycles. The number of rotatable bonds is 4. The zero-order valence-electron chi connectivity index (χ0n) is 14.6. The van der Waals surface area contributed by atoms with Crippen molar-refractivity contribution in [3.63, 3.8) is 0 Å². The Kier molecular flexibility index (Phi) is 5.62. The van der Waals surface area contributed by atoms with Crippen LogP contribution >= 0.6 is 0 Å². The van der Waals surface area contributed by atoms with Crippen LogP contribution < -0.4 is 0 Å². The van der Waals surface area contributed by atoms with E-state index in [1.54, 1.807) is 7.05 Å². The molecule has 0 aliphatic heterocycles. The van der Waals surface area contributed by atoms with E-state index in [0.29, 0.717) is 0 Å². The largest absolute Gasteiger partial charge is 0.444 e. The number of benzene rings is 2. The molecular formula is C20H25NO3. The summed E-state index contributed by atoms with van der Waals surface area (Å²) < 4.78 is 5.46. The Hall–Kier alpha value is -2.33. The average molecular weight is 327 g/mol. The lowest BCUT2D eigenvalue weighted by Gasteiger charge is -2.34. The van der Waals surface area contributed by atoms with Gasteiger partial charge in [-0.2, -0.15) is 0 Å². The van der Waals surface area contributed by atoms with Crippen LogP contribution in [0.2, 0.25) is 0 Å². The first kappa shape index (κ1) is 18.0. The second-order valence-electron chi connectivity index (χ2n) is 6.80. The Morgan fingerprint density at radius 3 is 1.88 bits per heavy atom. The summed E-state index contributed by atoms with van der Waals surface area (Å²) in [5, 5.41) is 10.9. The predicted octanol–water partition coefficient (Wildman–Crippen LogP) is 4.33. The minimum Gasteiger partial charge on any atom is -0.444 e. The Bertz CT molecular complexity index is 650. The second kappa shape index (κ2) is 7.49. The van der Waals surface area contributed by atoms with Gasteiger partial charge in [0.05, 0.1) is 6.04 Å². The molecule has 128 valence electrons. The smallest absolute Gasteiger partial charge is 0.410 e. The zero-order chi connectivity index (χ0) is 17.7. The van der Waals surface area contributed by atoms with Crippen molar-refractivity contribution in [3.8, 4) is 0 Å². The lowest BCUT2D eigenvalue weighted by atomic mass is 9.95. The fraction of sp³-hybridized carbons (Fsp3) is 0.350. The van der Waals surface area contributed by atoms with Gasteiger partial charge in [-0.1, -0.05) is 60.7 Å². The molecule has 0 fully saturated rings. The monoisotopic (exact) mass is 327 g/mol. The Balaban J connectivity index is 2.35. The molecule has 4 nitrogen and oxygen atoms in total. The third kappa shape index (κ3) is 4.59. The van der Waals surface area contributed by atoms with Gasteiger partial charge >= 0.3 is 6.09 Å². The van der Waals surface area contributed by atoms with Gasteiger partial charge in [0.25, 0.3) is 0 Å². The Morgan fingerprint density at radius 1 is 0.958 bits per heavy atom. The normalized spacial score (nSPS) is 13.9. The van der Waals surface area contributed by atoms with Gasteiger partial charge in [-0.25, -0.2) is 4.79 Å². The number of aliphatic hydroxyl groups is 1. The molecule has 2 atom stereocenters. The van der Waals surface area contributed by atoms with E-state index in [1.165, 1.54) is 4.90 Å². The molecule has 2 aromatic rings. The van der Waals surface area contributed by atoms with Gasteiger partial charge in [-0.05, 0) is 31.9 Å². The summed E-state index contributed by atoms with van der Waals surface area (Å²) in [4.78, 5) is 14.0. The van der Waals surface area contributed by atoms with Crippen molar-refractivity contribution in [1.82, 2.24) is 4.90 Å². The van der Waals surface area contributed by atoms with Gasteiger partial charge in [0.1, 0.15) is 11.7 Å². The Morgan fingerprint density at radius 2 is 1.42 bits per heavy atom. The highest BCUT2D eigenvalue weighted by Crippen LogP contribution is 2.34. The second-order valence-corrected chi connectivity index (χ2v) is 6.80. The number of carbonyl (C=O) groups is 1. The molecule has 0 aromatic heterocycles. The molecule has 1 amide bonds. The fourth-order valence-electron chi connectivity index (χ4n) is 2.55. The maximum absolute atomic E-state index is 12.5. The molecule has 0 unspecified atom stereocenters. The van der Waals surface area contributed by atoms with E-state index in [0.717, 1.165) is 11.1 Å². The van der Waals surface area contributed by atoms with E-state index >= 15 is 0 Å². The van der Waals surface area contributed by atoms with Gasteiger partial charge in [-0.3, -0.25) is 0 Å². The molecule has 0 heterocycles. The summed E-state index contributed by atoms with van der Waals surface area (Å²) in [6, 6.07) is 18.3. The number of carbonyl (C=O) groups excluding carboxylic acids is 1. The number of amides is 1. The van der Waals surface area contributed by atoms with E-state index in [9.17, 15) is 9.90 Å². The summed E-state index contributed by atoms with van der Waals surface area (Å²) in [6.45, 7) is 5.47. The fourth-order valence-corrected chi connectivity index (χ4v) is 2.55. The molecule has 0 saturated heterocycles. The number of hydrogen-bond acceptors (Lipinski definition) is 3. The van der Waals surface area contributed by atoms with Crippen LogP contribution in [0.5, 0.6) is 0 Å². The van der Waals surface area contributed by atoms with Crippen molar-refractivity contribution in [3.05, 3.63) is 71.8 Å². The number of aliphatic hydroxyl groups excluding tert-OH is 1. The number of nitrogens with zero attached hydrogens (tertiary/aromatic N) is 1. The van der Waals surface area contributed by atoms with Crippen LogP contribution in [0.15, 0.2) is 60.7 Å². The highest BCUT2D eigenvalue weighted by atomic mass is 16.6. The summed E-state index contributed by atoms with van der Waals surface area (Å²) in [5.74, 6) is 0. The standard InChI is InChI=1S/C20H25NO3/c1-20(2,3)24-19(23)21(4)17(15-11-7-5-8-12-15)18(22)16-13-9-6-10-14-16/h5-14,17-18,22H,1-4H3/t17-,18-/m1/s1. The SMILES string of the molecule is CN(C(=O)OC(C)(C)C)[C@H](c1ccccc1)[C@H](O)c1ccccc1. The molecule has 0 bridgehead atoms. The lowest BCUT2D eigenvalue weighted by Crippen LogP contribution is -2.38. The number of ether oxygens (including phenoxy) is 1. The minimum absolute atomic E-state index is 0.466. The van der Waals surface area contributed by atoms with Crippen LogP contribution in [0.1, 0.15) is 44.0 Å². The summed E-state index contributed by atoms with van der Waals surface area (Å²) >= 11 is 0. The average Bonchev–Trinajstić information content (AvgIpc) is 2.55. The molecule has 0 aliphatic rings. The van der Waals surface area contributed by atoms with Crippen molar-refractivity contribution in [1.29, 1.82) is 0 Å². The van der Waals surface area contributed by atoms with Crippen molar-refractivity contribution in [2.24, 2.45) is 0 Å². The first-order valence-corrected chi connectivity index (χ1v) is 8.03. The van der Waals surface area contributed by atoms with Crippen molar-refractivity contribution >= 4 is 6.09 Å². The highest BCUT2D eigenvalue weighted by molar-refractivity contribution is 5.68. The van der Waals surface area contributed by atoms with Gasteiger partial charge < -0.3 is 14.7 Å². The van der Waals surface area contributed by atoms with E-state index in [2.05, 4.69) is 0 Å². The van der Waals surface area contributed by atoms with Crippen LogP contribution in [0, 0.1) is 0 Å². The molecule has 2 aromatic carbocycles. The van der Waals surface area contributed by atoms with Gasteiger partial charge in [0, 0.05) is 7.05 Å².